The zero-order valence-electron chi connectivity index (χ0n) is 11.0. The number of esters is 1. The Kier molecular flexibility index (Phi) is 5.24. The van der Waals surface area contributed by atoms with Gasteiger partial charge in [-0.25, -0.2) is 9.59 Å². The molecule has 4 nitrogen and oxygen atoms in total. The molecule has 21 heavy (non-hydrogen) atoms. The molecule has 0 atom stereocenters. The lowest BCUT2D eigenvalue weighted by atomic mass is 10.2. The number of benzene rings is 2. The molecule has 108 valence electrons. The van der Waals surface area contributed by atoms with Crippen molar-refractivity contribution in [2.45, 2.75) is 9.79 Å². The molecule has 0 saturated carbocycles. The largest absolute Gasteiger partial charge is 0.478 e. The number of carbonyl (C=O) groups is 2. The SMILES string of the molecule is COC(=O)c1ccc(Sc2ccc(C(=O)O)c(I)c2)cc1. The number of carboxylic acid groups (broad SMARTS) is 1. The second kappa shape index (κ2) is 6.95. The third-order valence-corrected chi connectivity index (χ3v) is 4.57. The number of methoxy groups -OCH3 is 1. The lowest BCUT2D eigenvalue weighted by molar-refractivity contribution is 0.0599. The maximum absolute atomic E-state index is 11.3. The van der Waals surface area contributed by atoms with Gasteiger partial charge >= 0.3 is 11.9 Å². The summed E-state index contributed by atoms with van der Waals surface area (Å²) in [7, 11) is 1.34. The lowest BCUT2D eigenvalue weighted by Crippen LogP contribution is -2.00. The monoisotopic (exact) mass is 414 g/mol. The fraction of sp³-hybridized carbons (Fsp3) is 0.0667. The first-order valence-corrected chi connectivity index (χ1v) is 7.80. The highest BCUT2D eigenvalue weighted by Gasteiger charge is 2.09. The van der Waals surface area contributed by atoms with E-state index in [-0.39, 0.29) is 5.97 Å². The number of hydrogen-bond acceptors (Lipinski definition) is 4. The van der Waals surface area contributed by atoms with E-state index in [1.807, 2.05) is 40.8 Å². The molecule has 0 aliphatic carbocycles. The van der Waals surface area contributed by atoms with Crippen molar-refractivity contribution in [1.29, 1.82) is 0 Å². The van der Waals surface area contributed by atoms with Gasteiger partial charge in [0.25, 0.3) is 0 Å². The van der Waals surface area contributed by atoms with Crippen LogP contribution in [0.15, 0.2) is 52.3 Å². The first-order chi connectivity index (χ1) is 10.0. The Morgan fingerprint density at radius 2 is 1.71 bits per heavy atom. The number of rotatable bonds is 4. The van der Waals surface area contributed by atoms with Crippen LogP contribution >= 0.6 is 34.4 Å². The zero-order chi connectivity index (χ0) is 15.4. The van der Waals surface area contributed by atoms with E-state index in [0.29, 0.717) is 14.7 Å². The molecule has 0 aliphatic rings. The number of ether oxygens (including phenoxy) is 1. The molecule has 2 rings (SSSR count). The van der Waals surface area contributed by atoms with Crippen LogP contribution in [0.2, 0.25) is 0 Å². The van der Waals surface area contributed by atoms with Gasteiger partial charge in [-0.15, -0.1) is 0 Å². The van der Waals surface area contributed by atoms with Crippen molar-refractivity contribution < 1.29 is 19.4 Å². The zero-order valence-corrected chi connectivity index (χ0v) is 14.0. The van der Waals surface area contributed by atoms with E-state index in [1.54, 1.807) is 24.3 Å². The van der Waals surface area contributed by atoms with Crippen LogP contribution in [0, 0.1) is 3.57 Å². The van der Waals surface area contributed by atoms with E-state index in [2.05, 4.69) is 4.74 Å². The summed E-state index contributed by atoms with van der Waals surface area (Å²) >= 11 is 3.51. The molecule has 0 aliphatic heterocycles. The second-order valence-electron chi connectivity index (χ2n) is 4.06. The van der Waals surface area contributed by atoms with Gasteiger partial charge in [-0.2, -0.15) is 0 Å². The second-order valence-corrected chi connectivity index (χ2v) is 6.37. The third kappa shape index (κ3) is 3.98. The predicted molar refractivity (Wildman–Crippen MR) is 88.0 cm³/mol. The van der Waals surface area contributed by atoms with Crippen LogP contribution < -0.4 is 0 Å². The van der Waals surface area contributed by atoms with E-state index in [0.717, 1.165) is 9.79 Å². The van der Waals surface area contributed by atoms with Crippen LogP contribution in [0.25, 0.3) is 0 Å². The molecular formula is C15H11IO4S. The Bertz CT molecular complexity index is 683. The fourth-order valence-electron chi connectivity index (χ4n) is 1.65. The van der Waals surface area contributed by atoms with Crippen molar-refractivity contribution in [3.63, 3.8) is 0 Å². The summed E-state index contributed by atoms with van der Waals surface area (Å²) in [6.07, 6.45) is 0. The highest BCUT2D eigenvalue weighted by Crippen LogP contribution is 2.30. The van der Waals surface area contributed by atoms with Crippen LogP contribution in [0.4, 0.5) is 0 Å². The number of carboxylic acids is 1. The van der Waals surface area contributed by atoms with Crippen LogP contribution in [0.1, 0.15) is 20.7 Å². The Labute approximate surface area is 139 Å². The summed E-state index contributed by atoms with van der Waals surface area (Å²) in [6.45, 7) is 0. The van der Waals surface area contributed by atoms with Crippen molar-refractivity contribution in [2.75, 3.05) is 7.11 Å². The summed E-state index contributed by atoms with van der Waals surface area (Å²) in [6, 6.07) is 12.2. The topological polar surface area (TPSA) is 63.6 Å². The van der Waals surface area contributed by atoms with Crippen LogP contribution in [-0.2, 0) is 4.74 Å². The molecule has 0 fully saturated rings. The summed E-state index contributed by atoms with van der Waals surface area (Å²) in [4.78, 5) is 24.2. The van der Waals surface area contributed by atoms with Gasteiger partial charge in [-0.3, -0.25) is 0 Å². The van der Waals surface area contributed by atoms with E-state index in [9.17, 15) is 9.59 Å². The molecule has 1 N–H and O–H groups in total. The molecule has 0 amide bonds. The van der Waals surface area contributed by atoms with Gasteiger partial charge in [0, 0.05) is 13.4 Å². The van der Waals surface area contributed by atoms with Gasteiger partial charge in [0.05, 0.1) is 18.2 Å². The Balaban J connectivity index is 2.17. The molecule has 0 spiro atoms. The first-order valence-electron chi connectivity index (χ1n) is 5.90. The molecule has 0 bridgehead atoms. The number of hydrogen-bond donors (Lipinski definition) is 1. The predicted octanol–water partition coefficient (Wildman–Crippen LogP) is 3.93. The van der Waals surface area contributed by atoms with Crippen LogP contribution in [-0.4, -0.2) is 24.2 Å². The minimum atomic E-state index is -0.932. The van der Waals surface area contributed by atoms with Crippen molar-refractivity contribution in [3.8, 4) is 0 Å². The average Bonchev–Trinajstić information content (AvgIpc) is 2.47. The minimum absolute atomic E-state index is 0.293. The average molecular weight is 414 g/mol. The van der Waals surface area contributed by atoms with Crippen molar-refractivity contribution >= 4 is 46.3 Å². The Hall–Kier alpha value is -1.54. The molecule has 0 heterocycles. The highest BCUT2D eigenvalue weighted by molar-refractivity contribution is 14.1. The van der Waals surface area contributed by atoms with E-state index >= 15 is 0 Å². The standard InChI is InChI=1S/C15H11IO4S/c1-20-15(19)9-2-4-10(5-3-9)21-11-6-7-12(14(17)18)13(16)8-11/h2-8H,1H3,(H,17,18). The highest BCUT2D eigenvalue weighted by atomic mass is 127. The normalized spacial score (nSPS) is 10.2. The Morgan fingerprint density at radius 3 is 2.24 bits per heavy atom. The lowest BCUT2D eigenvalue weighted by Gasteiger charge is -2.05. The summed E-state index contributed by atoms with van der Waals surface area (Å²) in [5, 5.41) is 9.00. The summed E-state index contributed by atoms with van der Waals surface area (Å²) < 4.78 is 5.33. The molecule has 0 aromatic heterocycles. The van der Waals surface area contributed by atoms with Crippen molar-refractivity contribution in [1.82, 2.24) is 0 Å². The summed E-state index contributed by atoms with van der Waals surface area (Å²) in [5.41, 5.74) is 0.790. The van der Waals surface area contributed by atoms with Gasteiger partial charge in [0.2, 0.25) is 0 Å². The van der Waals surface area contributed by atoms with E-state index < -0.39 is 5.97 Å². The Morgan fingerprint density at radius 1 is 1.10 bits per heavy atom. The molecule has 2 aromatic carbocycles. The van der Waals surface area contributed by atoms with E-state index in [1.165, 1.54) is 18.9 Å². The molecule has 0 unspecified atom stereocenters. The third-order valence-electron chi connectivity index (χ3n) is 2.68. The molecule has 0 saturated heterocycles. The first kappa shape index (κ1) is 15.8. The van der Waals surface area contributed by atoms with Crippen molar-refractivity contribution in [2.24, 2.45) is 0 Å². The number of halogens is 1. The summed E-state index contributed by atoms with van der Waals surface area (Å²) in [5.74, 6) is -1.30. The maximum Gasteiger partial charge on any atom is 0.337 e. The van der Waals surface area contributed by atoms with Gasteiger partial charge in [0.1, 0.15) is 0 Å². The van der Waals surface area contributed by atoms with Crippen LogP contribution in [0.5, 0.6) is 0 Å². The molecular weight excluding hydrogens is 403 g/mol. The van der Waals surface area contributed by atoms with Crippen LogP contribution in [0.3, 0.4) is 0 Å². The van der Waals surface area contributed by atoms with E-state index in [4.69, 9.17) is 5.11 Å². The van der Waals surface area contributed by atoms with Crippen molar-refractivity contribution in [3.05, 3.63) is 57.2 Å². The fourth-order valence-corrected chi connectivity index (χ4v) is 3.46. The van der Waals surface area contributed by atoms with Gasteiger partial charge in [0.15, 0.2) is 0 Å². The quantitative estimate of drug-likeness (QED) is 0.607. The molecule has 6 heteroatoms. The number of carbonyl (C=O) groups excluding carboxylic acids is 1. The molecule has 0 radical (unpaired) electrons. The van der Waals surface area contributed by atoms with Gasteiger partial charge < -0.3 is 9.84 Å². The minimum Gasteiger partial charge on any atom is -0.478 e. The maximum atomic E-state index is 11.3. The van der Waals surface area contributed by atoms with Gasteiger partial charge in [-0.1, -0.05) is 11.8 Å². The number of aromatic carboxylic acids is 1. The van der Waals surface area contributed by atoms with Gasteiger partial charge in [-0.05, 0) is 65.1 Å². The molecule has 2 aromatic rings. The smallest absolute Gasteiger partial charge is 0.337 e.